The van der Waals surface area contributed by atoms with Gasteiger partial charge in [0.1, 0.15) is 0 Å². The molecule has 0 atom stereocenters. The van der Waals surface area contributed by atoms with Crippen molar-refractivity contribution in [3.05, 3.63) is 71.3 Å². The van der Waals surface area contributed by atoms with Crippen LogP contribution in [-0.4, -0.2) is 14.6 Å². The molecule has 2 aromatic carbocycles. The molecule has 0 spiro atoms. The number of thioether (sulfide) groups is 1. The number of pyridine rings is 1. The molecule has 4 rings (SSSR count). The van der Waals surface area contributed by atoms with Gasteiger partial charge >= 0.3 is 0 Å². The Morgan fingerprint density at radius 2 is 1.96 bits per heavy atom. The van der Waals surface area contributed by atoms with Gasteiger partial charge in [0.05, 0.1) is 17.1 Å². The Morgan fingerprint density at radius 3 is 2.83 bits per heavy atom. The Hall–Kier alpha value is -2.84. The van der Waals surface area contributed by atoms with Crippen molar-refractivity contribution in [3.8, 4) is 6.07 Å². The third kappa shape index (κ3) is 2.51. The average Bonchev–Trinajstić information content (AvgIpc) is 3.03. The summed E-state index contributed by atoms with van der Waals surface area (Å²) in [4.78, 5) is 0. The van der Waals surface area contributed by atoms with E-state index in [0.29, 0.717) is 5.56 Å². The molecule has 0 amide bonds. The van der Waals surface area contributed by atoms with Crippen LogP contribution in [0.4, 0.5) is 0 Å². The number of aryl methyl sites for hydroxylation is 1. The van der Waals surface area contributed by atoms with E-state index in [1.165, 1.54) is 10.9 Å². The summed E-state index contributed by atoms with van der Waals surface area (Å²) in [5, 5.41) is 19.8. The topological polar surface area (TPSA) is 54.0 Å². The fourth-order valence-corrected chi connectivity index (χ4v) is 3.74. The summed E-state index contributed by atoms with van der Waals surface area (Å²) in [5.41, 5.74) is 4.96. The van der Waals surface area contributed by atoms with Crippen molar-refractivity contribution >= 4 is 28.3 Å². The molecule has 0 aliphatic heterocycles. The summed E-state index contributed by atoms with van der Waals surface area (Å²) in [6, 6.07) is 20.2. The first-order valence-corrected chi connectivity index (χ1v) is 8.60. The van der Waals surface area contributed by atoms with Crippen molar-refractivity contribution in [1.82, 2.24) is 14.6 Å². The summed E-state index contributed by atoms with van der Waals surface area (Å²) in [6.45, 7) is 2.09. The molecule has 0 aliphatic rings. The summed E-state index contributed by atoms with van der Waals surface area (Å²) in [6.07, 6.45) is 0. The molecule has 0 saturated carbocycles. The van der Waals surface area contributed by atoms with E-state index < -0.39 is 0 Å². The van der Waals surface area contributed by atoms with Crippen LogP contribution >= 0.6 is 11.8 Å². The van der Waals surface area contributed by atoms with Gasteiger partial charge < -0.3 is 0 Å². The summed E-state index contributed by atoms with van der Waals surface area (Å²) >= 11 is 1.63. The second-order valence-corrected chi connectivity index (χ2v) is 6.56. The maximum atomic E-state index is 9.02. The molecular weight excluding hydrogens is 316 g/mol. The second kappa shape index (κ2) is 5.99. The smallest absolute Gasteiger partial charge is 0.196 e. The van der Waals surface area contributed by atoms with E-state index >= 15 is 0 Å². The van der Waals surface area contributed by atoms with Crippen molar-refractivity contribution in [3.63, 3.8) is 0 Å². The van der Waals surface area contributed by atoms with Gasteiger partial charge in [-0.2, -0.15) is 5.26 Å². The van der Waals surface area contributed by atoms with Crippen LogP contribution in [0, 0.1) is 18.3 Å². The molecule has 0 bridgehead atoms. The minimum absolute atomic E-state index is 0.681. The number of benzene rings is 2. The molecule has 0 fully saturated rings. The van der Waals surface area contributed by atoms with Crippen molar-refractivity contribution in [1.29, 1.82) is 5.26 Å². The van der Waals surface area contributed by atoms with Crippen LogP contribution < -0.4 is 0 Å². The number of aromatic nitrogens is 3. The summed E-state index contributed by atoms with van der Waals surface area (Å²) < 4.78 is 2.10. The van der Waals surface area contributed by atoms with Crippen LogP contribution in [-0.2, 0) is 5.75 Å². The molecule has 0 radical (unpaired) electrons. The third-order valence-corrected chi connectivity index (χ3v) is 5.00. The Labute approximate surface area is 143 Å². The van der Waals surface area contributed by atoms with E-state index in [1.807, 2.05) is 36.4 Å². The molecule has 0 unspecified atom stereocenters. The first-order valence-electron chi connectivity index (χ1n) is 7.61. The largest absolute Gasteiger partial charge is 0.270 e. The van der Waals surface area contributed by atoms with Crippen LogP contribution in [0.5, 0.6) is 0 Å². The Balaban J connectivity index is 1.75. The highest BCUT2D eigenvalue weighted by molar-refractivity contribution is 7.98. The Morgan fingerprint density at radius 1 is 1.08 bits per heavy atom. The molecular formula is C19H14N4S. The van der Waals surface area contributed by atoms with Crippen molar-refractivity contribution in [2.75, 3.05) is 0 Å². The monoisotopic (exact) mass is 330 g/mol. The Kier molecular flexibility index (Phi) is 3.68. The normalized spacial score (nSPS) is 11.0. The zero-order valence-electron chi connectivity index (χ0n) is 13.1. The first-order chi connectivity index (χ1) is 11.8. The molecule has 116 valence electrons. The van der Waals surface area contributed by atoms with Crippen molar-refractivity contribution in [2.24, 2.45) is 0 Å². The van der Waals surface area contributed by atoms with E-state index in [4.69, 9.17) is 5.26 Å². The average molecular weight is 330 g/mol. The molecule has 4 aromatic rings. The van der Waals surface area contributed by atoms with Gasteiger partial charge in [0.2, 0.25) is 0 Å². The predicted octanol–water partition coefficient (Wildman–Crippen LogP) is 4.35. The second-order valence-electron chi connectivity index (χ2n) is 5.62. The number of rotatable bonds is 3. The van der Waals surface area contributed by atoms with Crippen LogP contribution in [0.15, 0.2) is 59.8 Å². The zero-order chi connectivity index (χ0) is 16.5. The number of nitrogens with zero attached hydrogens (tertiary/aromatic N) is 4. The van der Waals surface area contributed by atoms with Gasteiger partial charge in [0, 0.05) is 11.1 Å². The lowest BCUT2D eigenvalue weighted by Gasteiger charge is -2.07. The van der Waals surface area contributed by atoms with Crippen LogP contribution in [0.2, 0.25) is 0 Å². The number of hydrogen-bond acceptors (Lipinski definition) is 4. The van der Waals surface area contributed by atoms with Gasteiger partial charge in [0.15, 0.2) is 10.8 Å². The maximum absolute atomic E-state index is 9.02. The number of hydrogen-bond donors (Lipinski definition) is 0. The lowest BCUT2D eigenvalue weighted by atomic mass is 10.1. The highest BCUT2D eigenvalue weighted by Crippen LogP contribution is 2.27. The molecule has 0 N–H and O–H groups in total. The van der Waals surface area contributed by atoms with E-state index in [1.54, 1.807) is 11.8 Å². The summed E-state index contributed by atoms with van der Waals surface area (Å²) in [5.74, 6) is 0.749. The van der Waals surface area contributed by atoms with Gasteiger partial charge in [-0.25, -0.2) is 0 Å². The fourth-order valence-electron chi connectivity index (χ4n) is 2.85. The molecule has 4 nitrogen and oxygen atoms in total. The number of fused-ring (bicyclic) bond motifs is 3. The zero-order valence-corrected chi connectivity index (χ0v) is 13.9. The van der Waals surface area contributed by atoms with Gasteiger partial charge in [-0.15, -0.1) is 10.2 Å². The first kappa shape index (κ1) is 14.7. The van der Waals surface area contributed by atoms with Crippen molar-refractivity contribution in [2.45, 2.75) is 17.8 Å². The number of para-hydroxylation sites is 1. The Bertz CT molecular complexity index is 1090. The molecule has 2 heterocycles. The highest BCUT2D eigenvalue weighted by atomic mass is 32.2. The van der Waals surface area contributed by atoms with E-state index in [0.717, 1.165) is 27.6 Å². The van der Waals surface area contributed by atoms with Crippen LogP contribution in [0.3, 0.4) is 0 Å². The van der Waals surface area contributed by atoms with Crippen LogP contribution in [0.25, 0.3) is 16.6 Å². The number of nitriles is 1. The predicted molar refractivity (Wildman–Crippen MR) is 95.9 cm³/mol. The van der Waals surface area contributed by atoms with E-state index in [-0.39, 0.29) is 0 Å². The van der Waals surface area contributed by atoms with Gasteiger partial charge in [-0.1, -0.05) is 42.1 Å². The van der Waals surface area contributed by atoms with E-state index in [9.17, 15) is 0 Å². The lowest BCUT2D eigenvalue weighted by Crippen LogP contribution is -1.93. The standard InChI is InChI=1S/C19H14N4S/c1-13-9-18-21-22-19(23(18)17-8-3-2-7-16(13)17)24-12-15-6-4-5-14(10-15)11-20/h2-10H,12H2,1H3. The lowest BCUT2D eigenvalue weighted by molar-refractivity contribution is 0.939. The fraction of sp³-hybridized carbons (Fsp3) is 0.105. The SMILES string of the molecule is Cc1cc2nnc(SCc3cccc(C#N)c3)n2c2ccccc12. The minimum atomic E-state index is 0.681. The van der Waals surface area contributed by atoms with Crippen LogP contribution in [0.1, 0.15) is 16.7 Å². The van der Waals surface area contributed by atoms with Gasteiger partial charge in [0.25, 0.3) is 0 Å². The maximum Gasteiger partial charge on any atom is 0.196 e. The summed E-state index contributed by atoms with van der Waals surface area (Å²) in [7, 11) is 0. The third-order valence-electron chi connectivity index (χ3n) is 4.00. The van der Waals surface area contributed by atoms with Gasteiger partial charge in [-0.3, -0.25) is 4.40 Å². The minimum Gasteiger partial charge on any atom is -0.270 e. The van der Waals surface area contributed by atoms with Crippen molar-refractivity contribution < 1.29 is 0 Å². The highest BCUT2D eigenvalue weighted by Gasteiger charge is 2.11. The molecule has 2 aromatic heterocycles. The molecule has 0 aliphatic carbocycles. The molecule has 0 saturated heterocycles. The van der Waals surface area contributed by atoms with Gasteiger partial charge in [-0.05, 0) is 42.3 Å². The quantitative estimate of drug-likeness (QED) is 0.524. The van der Waals surface area contributed by atoms with E-state index in [2.05, 4.69) is 45.8 Å². The molecule has 5 heteroatoms. The molecule has 24 heavy (non-hydrogen) atoms.